The molecule has 5 heteroatoms. The van der Waals surface area contributed by atoms with Gasteiger partial charge in [-0.2, -0.15) is 0 Å². The topological polar surface area (TPSA) is 47.6 Å². The monoisotopic (exact) mass is 375 g/mol. The first kappa shape index (κ1) is 17.1. The summed E-state index contributed by atoms with van der Waals surface area (Å²) in [6.07, 6.45) is 1.80. The Morgan fingerprint density at radius 3 is 2.43 bits per heavy atom. The predicted octanol–water partition coefficient (Wildman–Crippen LogP) is 4.51. The summed E-state index contributed by atoms with van der Waals surface area (Å²) in [5.74, 6) is 1.12. The van der Waals surface area contributed by atoms with Crippen LogP contribution in [0.1, 0.15) is 12.5 Å². The minimum absolute atomic E-state index is 0.160. The second kappa shape index (κ2) is 7.83. The number of hydrogen-bond donors (Lipinski definition) is 1. The molecule has 0 saturated carbocycles. The highest BCUT2D eigenvalue weighted by Crippen LogP contribution is 2.28. The molecule has 0 atom stereocenters. The van der Waals surface area contributed by atoms with E-state index in [1.807, 2.05) is 42.5 Å². The molecule has 0 unspecified atom stereocenters. The summed E-state index contributed by atoms with van der Waals surface area (Å²) in [7, 11) is 3.17. The molecule has 0 aromatic heterocycles. The van der Waals surface area contributed by atoms with Gasteiger partial charge in [-0.1, -0.05) is 18.2 Å². The molecule has 23 heavy (non-hydrogen) atoms. The fraction of sp³-hybridized carbons (Fsp3) is 0.167. The van der Waals surface area contributed by atoms with Crippen LogP contribution in [0.4, 0.5) is 5.69 Å². The number of rotatable bonds is 5. The molecule has 2 rings (SSSR count). The Labute approximate surface area is 144 Å². The van der Waals surface area contributed by atoms with Crippen molar-refractivity contribution in [2.75, 3.05) is 19.5 Å². The van der Waals surface area contributed by atoms with Gasteiger partial charge in [-0.3, -0.25) is 4.79 Å². The van der Waals surface area contributed by atoms with E-state index in [-0.39, 0.29) is 5.91 Å². The van der Waals surface area contributed by atoms with Gasteiger partial charge in [0.1, 0.15) is 0 Å². The molecule has 1 amide bonds. The summed E-state index contributed by atoms with van der Waals surface area (Å²) in [4.78, 5) is 12.3. The number of halogens is 1. The van der Waals surface area contributed by atoms with Crippen LogP contribution in [0.25, 0.3) is 6.08 Å². The number of methoxy groups -OCH3 is 2. The highest BCUT2D eigenvalue weighted by atomic mass is 79.9. The second-order valence-corrected chi connectivity index (χ2v) is 5.73. The van der Waals surface area contributed by atoms with Crippen molar-refractivity contribution in [3.63, 3.8) is 0 Å². The maximum atomic E-state index is 12.3. The maximum Gasteiger partial charge on any atom is 0.251 e. The van der Waals surface area contributed by atoms with Gasteiger partial charge < -0.3 is 14.8 Å². The van der Waals surface area contributed by atoms with Crippen LogP contribution in [0.3, 0.4) is 0 Å². The fourth-order valence-corrected chi connectivity index (χ4v) is 2.43. The zero-order valence-corrected chi connectivity index (χ0v) is 14.8. The molecule has 0 heterocycles. The first-order chi connectivity index (χ1) is 11.0. The quantitative estimate of drug-likeness (QED) is 0.782. The molecule has 2 aromatic rings. The number of nitrogens with one attached hydrogen (secondary N) is 1. The number of amides is 1. The highest BCUT2D eigenvalue weighted by molar-refractivity contribution is 9.10. The number of anilines is 1. The Balaban J connectivity index is 2.19. The first-order valence-electron chi connectivity index (χ1n) is 7.01. The average molecular weight is 376 g/mol. The number of ether oxygens (including phenoxy) is 2. The molecule has 0 saturated heterocycles. The number of carbonyl (C=O) groups excluding carboxylic acids is 1. The number of hydrogen-bond acceptors (Lipinski definition) is 3. The molecule has 2 aromatic carbocycles. The average Bonchev–Trinajstić information content (AvgIpc) is 2.56. The van der Waals surface area contributed by atoms with Crippen LogP contribution in [0.5, 0.6) is 11.5 Å². The fourth-order valence-electron chi connectivity index (χ4n) is 2.04. The molecule has 0 aliphatic carbocycles. The Morgan fingerprint density at radius 2 is 1.78 bits per heavy atom. The Bertz CT molecular complexity index is 741. The van der Waals surface area contributed by atoms with Crippen LogP contribution in [-0.4, -0.2) is 20.1 Å². The van der Waals surface area contributed by atoms with E-state index in [1.165, 1.54) is 0 Å². The standard InChI is InChI=1S/C18H18BrNO3/c1-12(18(21)20-15-7-5-4-6-14(15)19)10-13-8-9-16(22-2)17(11-13)23-3/h4-11H,1-3H3,(H,20,21)/b12-10+. The van der Waals surface area contributed by atoms with Gasteiger partial charge in [-0.25, -0.2) is 0 Å². The Kier molecular flexibility index (Phi) is 5.82. The lowest BCUT2D eigenvalue weighted by atomic mass is 10.1. The van der Waals surface area contributed by atoms with Crippen LogP contribution in [0.2, 0.25) is 0 Å². The molecule has 4 nitrogen and oxygen atoms in total. The molecule has 120 valence electrons. The molecule has 0 aliphatic heterocycles. The second-order valence-electron chi connectivity index (χ2n) is 4.88. The summed E-state index contributed by atoms with van der Waals surface area (Å²) in [6, 6.07) is 13.0. The smallest absolute Gasteiger partial charge is 0.251 e. The third-order valence-electron chi connectivity index (χ3n) is 3.27. The summed E-state index contributed by atoms with van der Waals surface area (Å²) < 4.78 is 11.3. The van der Waals surface area contributed by atoms with Crippen LogP contribution < -0.4 is 14.8 Å². The molecule has 0 radical (unpaired) electrons. The zero-order valence-electron chi connectivity index (χ0n) is 13.2. The van der Waals surface area contributed by atoms with Crippen molar-refractivity contribution in [2.24, 2.45) is 0 Å². The largest absolute Gasteiger partial charge is 0.493 e. The number of benzene rings is 2. The molecule has 0 fully saturated rings. The lowest BCUT2D eigenvalue weighted by Gasteiger charge is -2.09. The highest BCUT2D eigenvalue weighted by Gasteiger charge is 2.08. The van der Waals surface area contributed by atoms with Gasteiger partial charge in [0.15, 0.2) is 11.5 Å². The SMILES string of the molecule is COc1ccc(/C=C(\C)C(=O)Nc2ccccc2Br)cc1OC. The van der Waals surface area contributed by atoms with Crippen LogP contribution in [0.15, 0.2) is 52.5 Å². The molecule has 0 spiro atoms. The van der Waals surface area contributed by atoms with Crippen molar-refractivity contribution in [3.05, 3.63) is 58.1 Å². The lowest BCUT2D eigenvalue weighted by molar-refractivity contribution is -0.112. The van der Waals surface area contributed by atoms with Crippen LogP contribution in [0, 0.1) is 0 Å². The summed E-state index contributed by atoms with van der Waals surface area (Å²) >= 11 is 3.41. The summed E-state index contributed by atoms with van der Waals surface area (Å²) in [5, 5.41) is 2.87. The molecule has 0 aliphatic rings. The van der Waals surface area contributed by atoms with Gasteiger partial charge in [-0.05, 0) is 58.8 Å². The minimum Gasteiger partial charge on any atom is -0.493 e. The van der Waals surface area contributed by atoms with E-state index in [1.54, 1.807) is 27.2 Å². The van der Waals surface area contributed by atoms with Gasteiger partial charge in [0.25, 0.3) is 5.91 Å². The molecular formula is C18H18BrNO3. The molecular weight excluding hydrogens is 358 g/mol. The first-order valence-corrected chi connectivity index (χ1v) is 7.80. The van der Waals surface area contributed by atoms with E-state index in [9.17, 15) is 4.79 Å². The van der Waals surface area contributed by atoms with Gasteiger partial charge >= 0.3 is 0 Å². The van der Waals surface area contributed by atoms with Crippen molar-refractivity contribution >= 4 is 33.6 Å². The van der Waals surface area contributed by atoms with Crippen molar-refractivity contribution < 1.29 is 14.3 Å². The van der Waals surface area contributed by atoms with Gasteiger partial charge in [0.2, 0.25) is 0 Å². The third kappa shape index (κ3) is 4.36. The van der Waals surface area contributed by atoms with Crippen LogP contribution in [-0.2, 0) is 4.79 Å². The van der Waals surface area contributed by atoms with E-state index in [0.717, 1.165) is 15.7 Å². The van der Waals surface area contributed by atoms with E-state index in [2.05, 4.69) is 21.2 Å². The minimum atomic E-state index is -0.160. The van der Waals surface area contributed by atoms with E-state index < -0.39 is 0 Å². The van der Waals surface area contributed by atoms with Gasteiger partial charge in [0, 0.05) is 10.0 Å². The number of carbonyl (C=O) groups is 1. The normalized spacial score (nSPS) is 11.0. The van der Waals surface area contributed by atoms with Crippen molar-refractivity contribution in [1.29, 1.82) is 0 Å². The Hall–Kier alpha value is -2.27. The lowest BCUT2D eigenvalue weighted by Crippen LogP contribution is -2.12. The van der Waals surface area contributed by atoms with Gasteiger partial charge in [0.05, 0.1) is 19.9 Å². The van der Waals surface area contributed by atoms with E-state index >= 15 is 0 Å². The van der Waals surface area contributed by atoms with Crippen molar-refractivity contribution in [2.45, 2.75) is 6.92 Å². The molecule has 0 bridgehead atoms. The third-order valence-corrected chi connectivity index (χ3v) is 3.96. The summed E-state index contributed by atoms with van der Waals surface area (Å²) in [5.41, 5.74) is 2.19. The van der Waals surface area contributed by atoms with Crippen molar-refractivity contribution in [1.82, 2.24) is 0 Å². The maximum absolute atomic E-state index is 12.3. The van der Waals surface area contributed by atoms with Crippen LogP contribution >= 0.6 is 15.9 Å². The predicted molar refractivity (Wildman–Crippen MR) is 96.0 cm³/mol. The number of para-hydroxylation sites is 1. The van der Waals surface area contributed by atoms with E-state index in [4.69, 9.17) is 9.47 Å². The molecule has 1 N–H and O–H groups in total. The zero-order chi connectivity index (χ0) is 16.8. The van der Waals surface area contributed by atoms with Crippen molar-refractivity contribution in [3.8, 4) is 11.5 Å². The Morgan fingerprint density at radius 1 is 1.09 bits per heavy atom. The van der Waals surface area contributed by atoms with Gasteiger partial charge in [-0.15, -0.1) is 0 Å². The summed E-state index contributed by atoms with van der Waals surface area (Å²) in [6.45, 7) is 1.77. The van der Waals surface area contributed by atoms with E-state index in [0.29, 0.717) is 17.1 Å².